The smallest absolute Gasteiger partial charge is 0.0858 e. The third-order valence-corrected chi connectivity index (χ3v) is 10.8. The Morgan fingerprint density at radius 1 is 0.386 bits per heavy atom. The van der Waals surface area contributed by atoms with E-state index in [0.29, 0.717) is 0 Å². The fourth-order valence-corrected chi connectivity index (χ4v) is 9.12. The molecule has 0 radical (unpaired) electrons. The number of nitrogens with zero attached hydrogens (tertiary/aromatic N) is 3. The third kappa shape index (κ3) is 2.66. The van der Waals surface area contributed by atoms with E-state index in [1.165, 1.54) is 98.2 Å². The fraction of sp³-hybridized carbons (Fsp3) is 0. The highest BCUT2D eigenvalue weighted by molar-refractivity contribution is 14.1. The van der Waals surface area contributed by atoms with Gasteiger partial charge in [-0.05, 0) is 47.2 Å². The van der Waals surface area contributed by atoms with Crippen molar-refractivity contribution in [3.05, 3.63) is 133 Å². The summed E-state index contributed by atoms with van der Waals surface area (Å²) in [5.74, 6) is 0. The van der Waals surface area contributed by atoms with Gasteiger partial charge in [0.05, 0.1) is 61.5 Å². The predicted octanol–water partition coefficient (Wildman–Crippen LogP) is 11.4. The molecule has 0 aliphatic rings. The molecule has 0 saturated carbocycles. The summed E-state index contributed by atoms with van der Waals surface area (Å²) >= 11 is 2.58. The first-order valence-electron chi connectivity index (χ1n) is 15.0. The Hall–Kier alpha value is -5.07. The van der Waals surface area contributed by atoms with Crippen LogP contribution in [0.5, 0.6) is 0 Å². The Labute approximate surface area is 264 Å². The number of hydrogen-bond acceptors (Lipinski definition) is 0. The van der Waals surface area contributed by atoms with Crippen molar-refractivity contribution in [1.29, 1.82) is 0 Å². The van der Waals surface area contributed by atoms with Crippen LogP contribution in [0.25, 0.3) is 98.2 Å². The molecular weight excluding hydrogens is 649 g/mol. The van der Waals surface area contributed by atoms with E-state index >= 15 is 0 Å². The van der Waals surface area contributed by atoms with E-state index in [1.807, 2.05) is 0 Å². The molecule has 204 valence electrons. The molecule has 0 spiro atoms. The summed E-state index contributed by atoms with van der Waals surface area (Å²) in [6.07, 6.45) is 0. The zero-order valence-corrected chi connectivity index (χ0v) is 25.6. The number of fused-ring (bicyclic) bond motifs is 11. The van der Waals surface area contributed by atoms with Crippen molar-refractivity contribution in [2.24, 2.45) is 0 Å². The molecular formula is C40H22IN3. The van der Waals surface area contributed by atoms with E-state index in [2.05, 4.69) is 168 Å². The van der Waals surface area contributed by atoms with E-state index in [-0.39, 0.29) is 0 Å². The number of benzene rings is 7. The van der Waals surface area contributed by atoms with Crippen molar-refractivity contribution in [2.45, 2.75) is 0 Å². The monoisotopic (exact) mass is 671 g/mol. The normalized spacial score (nSPS) is 12.7. The summed E-state index contributed by atoms with van der Waals surface area (Å²) in [7, 11) is 0. The van der Waals surface area contributed by atoms with Gasteiger partial charge in [0.1, 0.15) is 0 Å². The zero-order chi connectivity index (χ0) is 28.7. The second kappa shape index (κ2) is 8.10. The molecule has 0 atom stereocenters. The Morgan fingerprint density at radius 3 is 1.84 bits per heavy atom. The van der Waals surface area contributed by atoms with Gasteiger partial charge in [-0.3, -0.25) is 2.78 Å². The molecule has 44 heavy (non-hydrogen) atoms. The average Bonchev–Trinajstić information content (AvgIpc) is 3.67. The zero-order valence-electron chi connectivity index (χ0n) is 23.4. The van der Waals surface area contributed by atoms with Crippen molar-refractivity contribution in [3.8, 4) is 5.69 Å². The minimum absolute atomic E-state index is 1.17. The SMILES string of the molecule is In1c2c3ccccc3cc3c4cccc5c6ccccc6n(c6cc7c8ccccc8n(-c8ccccc8)c7c1c6c32)c45. The molecule has 0 aliphatic heterocycles. The van der Waals surface area contributed by atoms with Gasteiger partial charge in [0.2, 0.25) is 0 Å². The quantitative estimate of drug-likeness (QED) is 0.154. The molecule has 4 heterocycles. The fourth-order valence-electron chi connectivity index (χ4n) is 8.15. The molecule has 4 heteroatoms. The Kier molecular flexibility index (Phi) is 4.30. The van der Waals surface area contributed by atoms with Crippen LogP contribution in [-0.4, -0.2) is 11.7 Å². The largest absolute Gasteiger partial charge is 0.308 e. The van der Waals surface area contributed by atoms with E-state index in [1.54, 1.807) is 0 Å². The maximum atomic E-state index is 2.58. The van der Waals surface area contributed by atoms with Crippen LogP contribution >= 0.6 is 22.9 Å². The number of hydrogen-bond donors (Lipinski definition) is 0. The van der Waals surface area contributed by atoms with Crippen LogP contribution in [0.15, 0.2) is 133 Å². The summed E-state index contributed by atoms with van der Waals surface area (Å²) in [6, 6.07) is 49.2. The maximum Gasteiger partial charge on any atom is 0.0858 e. The van der Waals surface area contributed by atoms with Gasteiger partial charge in [0.25, 0.3) is 0 Å². The number of aromatic nitrogens is 3. The molecule has 11 rings (SSSR count). The second-order valence-electron chi connectivity index (χ2n) is 11.9. The molecule has 0 aliphatic carbocycles. The Balaban J connectivity index is 1.59. The number of rotatable bonds is 1. The van der Waals surface area contributed by atoms with E-state index in [0.717, 1.165) is 0 Å². The highest BCUT2D eigenvalue weighted by atomic mass is 127. The van der Waals surface area contributed by atoms with Crippen molar-refractivity contribution >= 4 is 115 Å². The van der Waals surface area contributed by atoms with Gasteiger partial charge in [-0.1, -0.05) is 97.1 Å². The first kappa shape index (κ1) is 23.4. The third-order valence-electron chi connectivity index (χ3n) is 9.82. The average molecular weight is 672 g/mol. The number of para-hydroxylation sites is 4. The van der Waals surface area contributed by atoms with Crippen molar-refractivity contribution in [1.82, 2.24) is 11.7 Å². The summed E-state index contributed by atoms with van der Waals surface area (Å²) in [4.78, 5) is 0. The lowest BCUT2D eigenvalue weighted by Crippen LogP contribution is -1.95. The molecule has 0 N–H and O–H groups in total. The van der Waals surface area contributed by atoms with Crippen molar-refractivity contribution in [3.63, 3.8) is 0 Å². The van der Waals surface area contributed by atoms with Crippen LogP contribution in [0, 0.1) is 0 Å². The second-order valence-corrected chi connectivity index (χ2v) is 12.9. The molecule has 0 bridgehead atoms. The van der Waals surface area contributed by atoms with Gasteiger partial charge in [0, 0.05) is 48.8 Å². The highest BCUT2D eigenvalue weighted by Crippen LogP contribution is 2.49. The molecule has 0 fully saturated rings. The van der Waals surface area contributed by atoms with Crippen LogP contribution in [0.2, 0.25) is 0 Å². The van der Waals surface area contributed by atoms with Crippen LogP contribution in [0.4, 0.5) is 0 Å². The molecule has 11 aromatic rings. The first-order valence-corrected chi connectivity index (χ1v) is 16.0. The molecule has 7 aromatic carbocycles. The van der Waals surface area contributed by atoms with Gasteiger partial charge in [-0.2, -0.15) is 0 Å². The molecule has 0 unspecified atom stereocenters. The molecule has 3 nitrogen and oxygen atoms in total. The van der Waals surface area contributed by atoms with Crippen LogP contribution in [0.3, 0.4) is 0 Å². The van der Waals surface area contributed by atoms with Crippen LogP contribution < -0.4 is 0 Å². The van der Waals surface area contributed by atoms with E-state index in [9.17, 15) is 0 Å². The van der Waals surface area contributed by atoms with Gasteiger partial charge in [0.15, 0.2) is 0 Å². The van der Waals surface area contributed by atoms with Gasteiger partial charge >= 0.3 is 0 Å². The van der Waals surface area contributed by atoms with E-state index < -0.39 is 0 Å². The summed E-state index contributed by atoms with van der Waals surface area (Å²) in [5.41, 5.74) is 9.95. The van der Waals surface area contributed by atoms with Crippen molar-refractivity contribution in [2.75, 3.05) is 0 Å². The Bertz CT molecular complexity index is 2990. The van der Waals surface area contributed by atoms with Gasteiger partial charge in [-0.15, -0.1) is 0 Å². The minimum Gasteiger partial charge on any atom is -0.308 e. The first-order chi connectivity index (χ1) is 21.8. The van der Waals surface area contributed by atoms with Gasteiger partial charge in [-0.25, -0.2) is 0 Å². The van der Waals surface area contributed by atoms with E-state index in [4.69, 9.17) is 0 Å². The summed E-state index contributed by atoms with van der Waals surface area (Å²) < 4.78 is 7.48. The van der Waals surface area contributed by atoms with Gasteiger partial charge < -0.3 is 8.97 Å². The number of halogens is 1. The lowest BCUT2D eigenvalue weighted by atomic mass is 9.98. The molecule has 4 aromatic heterocycles. The molecule has 0 saturated heterocycles. The lowest BCUT2D eigenvalue weighted by molar-refractivity contribution is 1.18. The lowest BCUT2D eigenvalue weighted by Gasteiger charge is -2.10. The highest BCUT2D eigenvalue weighted by Gasteiger charge is 2.26. The minimum atomic E-state index is 1.17. The standard InChI is InChI=1S/C40H22IN3/c41-44-38-25-14-5-4-11-23(25)21-30-29-18-10-17-28-26-15-6-9-20-33(26)43(37(28)29)34-22-31-27-16-7-8-19-32(27)42(24-12-2-1-3-13-24)39(31)40(44)36(34)35(30)38/h1-22H. The van der Waals surface area contributed by atoms with Crippen LogP contribution in [-0.2, 0) is 0 Å². The maximum absolute atomic E-state index is 2.58. The molecule has 0 amide bonds. The van der Waals surface area contributed by atoms with Crippen LogP contribution in [0.1, 0.15) is 0 Å². The summed E-state index contributed by atoms with van der Waals surface area (Å²) in [6.45, 7) is 0. The Morgan fingerprint density at radius 2 is 1.02 bits per heavy atom. The topological polar surface area (TPSA) is 14.3 Å². The summed E-state index contributed by atoms with van der Waals surface area (Å²) in [5, 5.41) is 12.9. The van der Waals surface area contributed by atoms with Crippen molar-refractivity contribution < 1.29 is 0 Å². The predicted molar refractivity (Wildman–Crippen MR) is 195 cm³/mol.